The van der Waals surface area contributed by atoms with Gasteiger partial charge in [0.15, 0.2) is 0 Å². The molecular formula is C17H14ClFN2O3. The molecule has 1 saturated heterocycles. The Hall–Kier alpha value is -2.21. The average Bonchev–Trinajstić information content (AvgIpc) is 3.17. The third-order valence-electron chi connectivity index (χ3n) is 5.06. The number of amides is 3. The molecule has 4 atom stereocenters. The molecule has 2 aliphatic carbocycles. The third kappa shape index (κ3) is 2.02. The van der Waals surface area contributed by atoms with Gasteiger partial charge >= 0.3 is 0 Å². The van der Waals surface area contributed by atoms with Crippen LogP contribution in [0.15, 0.2) is 24.3 Å². The molecule has 2 bridgehead atoms. The van der Waals surface area contributed by atoms with Gasteiger partial charge in [-0.15, -0.1) is 0 Å². The van der Waals surface area contributed by atoms with E-state index >= 15 is 0 Å². The monoisotopic (exact) mass is 348 g/mol. The normalized spacial score (nSPS) is 30.2. The number of rotatable bonds is 2. The van der Waals surface area contributed by atoms with E-state index in [2.05, 4.69) is 5.32 Å². The largest absolute Gasteiger partial charge is 0.323 e. The number of allylic oxidation sites excluding steroid dienone is 2. The second-order valence-electron chi connectivity index (χ2n) is 6.48. The topological polar surface area (TPSA) is 66.5 Å². The molecule has 0 aromatic heterocycles. The zero-order valence-corrected chi connectivity index (χ0v) is 13.5. The van der Waals surface area contributed by atoms with Crippen molar-refractivity contribution in [3.63, 3.8) is 0 Å². The summed E-state index contributed by atoms with van der Waals surface area (Å²) in [7, 11) is 0. The number of benzene rings is 1. The summed E-state index contributed by atoms with van der Waals surface area (Å²) in [6, 6.07) is 2.39. The van der Waals surface area contributed by atoms with Crippen molar-refractivity contribution in [2.75, 3.05) is 10.2 Å². The molecule has 3 aliphatic rings. The van der Waals surface area contributed by atoms with Crippen LogP contribution >= 0.6 is 11.6 Å². The van der Waals surface area contributed by atoms with E-state index in [1.807, 2.05) is 12.2 Å². The molecule has 3 amide bonds. The minimum Gasteiger partial charge on any atom is -0.323 e. The molecule has 1 aromatic rings. The maximum Gasteiger partial charge on any atom is 0.238 e. The van der Waals surface area contributed by atoms with Gasteiger partial charge < -0.3 is 5.32 Å². The van der Waals surface area contributed by atoms with E-state index in [0.29, 0.717) is 0 Å². The molecule has 0 unspecified atom stereocenters. The van der Waals surface area contributed by atoms with Crippen LogP contribution in [0.1, 0.15) is 13.3 Å². The lowest BCUT2D eigenvalue weighted by Crippen LogP contribution is -2.33. The standard InChI is InChI=1S/C17H14ClFN2O3/c1-7(22)20-15-11(18)5-10(6-12(15)19)21-16(23)13-8-2-3-9(4-8)14(13)17(21)24/h2-3,5-6,8-9,13-14H,4H2,1H3,(H,20,22)/t8-,9+,13-,14+. The van der Waals surface area contributed by atoms with Gasteiger partial charge in [0, 0.05) is 13.0 Å². The zero-order valence-electron chi connectivity index (χ0n) is 12.8. The molecule has 7 heteroatoms. The lowest BCUT2D eigenvalue weighted by Gasteiger charge is -2.19. The first-order chi connectivity index (χ1) is 11.4. The Morgan fingerprint density at radius 3 is 2.29 bits per heavy atom. The minimum absolute atomic E-state index is 0.0565. The molecule has 5 nitrogen and oxygen atoms in total. The van der Waals surface area contributed by atoms with Crippen LogP contribution in [0.4, 0.5) is 15.8 Å². The van der Waals surface area contributed by atoms with E-state index < -0.39 is 11.7 Å². The predicted octanol–water partition coefficient (Wildman–Crippen LogP) is 2.75. The number of halogens is 2. The highest BCUT2D eigenvalue weighted by Gasteiger charge is 2.59. The minimum atomic E-state index is -0.786. The van der Waals surface area contributed by atoms with Crippen LogP contribution in [-0.4, -0.2) is 17.7 Å². The fourth-order valence-electron chi connectivity index (χ4n) is 4.14. The van der Waals surface area contributed by atoms with Gasteiger partial charge in [-0.1, -0.05) is 23.8 Å². The SMILES string of the molecule is CC(=O)Nc1c(F)cc(N2C(=O)[C@@H]3[C@H](C2=O)[C@@H]2C=C[C@H]3C2)cc1Cl. The van der Waals surface area contributed by atoms with Gasteiger partial charge in [-0.05, 0) is 24.3 Å². The summed E-state index contributed by atoms with van der Waals surface area (Å²) in [6.07, 6.45) is 4.82. The van der Waals surface area contributed by atoms with Crippen molar-refractivity contribution in [3.05, 3.63) is 35.1 Å². The summed E-state index contributed by atoms with van der Waals surface area (Å²) in [4.78, 5) is 37.6. The van der Waals surface area contributed by atoms with Gasteiger partial charge in [0.05, 0.1) is 28.2 Å². The van der Waals surface area contributed by atoms with Crippen molar-refractivity contribution in [2.45, 2.75) is 13.3 Å². The molecule has 1 saturated carbocycles. The number of nitrogens with one attached hydrogen (secondary N) is 1. The van der Waals surface area contributed by atoms with E-state index in [1.54, 1.807) is 0 Å². The van der Waals surface area contributed by atoms with Gasteiger partial charge in [0.2, 0.25) is 17.7 Å². The number of fused-ring (bicyclic) bond motifs is 5. The lowest BCUT2D eigenvalue weighted by atomic mass is 9.85. The molecule has 1 N–H and O–H groups in total. The summed E-state index contributed by atoms with van der Waals surface area (Å²) in [5.41, 5.74) is -0.0515. The smallest absolute Gasteiger partial charge is 0.238 e. The van der Waals surface area contributed by atoms with E-state index in [4.69, 9.17) is 11.6 Å². The van der Waals surface area contributed by atoms with Crippen LogP contribution in [-0.2, 0) is 14.4 Å². The van der Waals surface area contributed by atoms with E-state index in [0.717, 1.165) is 17.4 Å². The third-order valence-corrected chi connectivity index (χ3v) is 5.35. The average molecular weight is 349 g/mol. The van der Waals surface area contributed by atoms with Crippen molar-refractivity contribution in [1.82, 2.24) is 0 Å². The van der Waals surface area contributed by atoms with Gasteiger partial charge in [-0.25, -0.2) is 9.29 Å². The van der Waals surface area contributed by atoms with Crippen LogP contribution in [0.5, 0.6) is 0 Å². The summed E-state index contributed by atoms with van der Waals surface area (Å²) in [6.45, 7) is 1.24. The maximum atomic E-state index is 14.3. The van der Waals surface area contributed by atoms with Crippen molar-refractivity contribution in [3.8, 4) is 0 Å². The molecule has 24 heavy (non-hydrogen) atoms. The molecule has 0 radical (unpaired) electrons. The van der Waals surface area contributed by atoms with Crippen molar-refractivity contribution < 1.29 is 18.8 Å². The Morgan fingerprint density at radius 2 is 1.79 bits per heavy atom. The highest BCUT2D eigenvalue weighted by Crippen LogP contribution is 2.53. The Labute approximate surface area is 142 Å². The van der Waals surface area contributed by atoms with Crippen molar-refractivity contribution in [1.29, 1.82) is 0 Å². The van der Waals surface area contributed by atoms with E-state index in [1.165, 1.54) is 13.0 Å². The predicted molar refractivity (Wildman–Crippen MR) is 85.9 cm³/mol. The Morgan fingerprint density at radius 1 is 1.21 bits per heavy atom. The van der Waals surface area contributed by atoms with Gasteiger partial charge in [0.1, 0.15) is 5.82 Å². The fraction of sp³-hybridized carbons (Fsp3) is 0.353. The summed E-state index contributed by atoms with van der Waals surface area (Å²) >= 11 is 6.03. The summed E-state index contributed by atoms with van der Waals surface area (Å²) in [5, 5.41) is 2.24. The van der Waals surface area contributed by atoms with Crippen LogP contribution in [0.25, 0.3) is 0 Å². The Bertz CT molecular complexity index is 769. The Balaban J connectivity index is 1.71. The summed E-state index contributed by atoms with van der Waals surface area (Å²) < 4.78 is 14.3. The molecule has 0 spiro atoms. The molecular weight excluding hydrogens is 335 g/mol. The Kier molecular flexibility index (Phi) is 3.28. The second kappa shape index (κ2) is 5.14. The quantitative estimate of drug-likeness (QED) is 0.660. The molecule has 4 rings (SSSR count). The molecule has 2 fully saturated rings. The van der Waals surface area contributed by atoms with Crippen molar-refractivity contribution >= 4 is 40.7 Å². The fourth-order valence-corrected chi connectivity index (χ4v) is 4.39. The first kappa shape index (κ1) is 15.3. The van der Waals surface area contributed by atoms with Gasteiger partial charge in [-0.3, -0.25) is 14.4 Å². The molecule has 1 aliphatic heterocycles. The lowest BCUT2D eigenvalue weighted by molar-refractivity contribution is -0.123. The van der Waals surface area contributed by atoms with E-state index in [9.17, 15) is 18.8 Å². The molecule has 1 aromatic carbocycles. The van der Waals surface area contributed by atoms with E-state index in [-0.39, 0.29) is 51.9 Å². The second-order valence-corrected chi connectivity index (χ2v) is 6.88. The van der Waals surface area contributed by atoms with Crippen molar-refractivity contribution in [2.24, 2.45) is 23.7 Å². The molecule has 124 valence electrons. The van der Waals surface area contributed by atoms with Crippen LogP contribution in [0.2, 0.25) is 5.02 Å². The maximum absolute atomic E-state index is 14.3. The number of carbonyl (C=O) groups is 3. The van der Waals surface area contributed by atoms with Crippen LogP contribution in [0.3, 0.4) is 0 Å². The first-order valence-electron chi connectivity index (χ1n) is 7.71. The highest BCUT2D eigenvalue weighted by atomic mass is 35.5. The summed E-state index contributed by atoms with van der Waals surface area (Å²) in [5.74, 6) is -2.40. The number of nitrogens with zero attached hydrogens (tertiary/aromatic N) is 1. The number of hydrogen-bond donors (Lipinski definition) is 1. The number of hydrogen-bond acceptors (Lipinski definition) is 3. The highest BCUT2D eigenvalue weighted by molar-refractivity contribution is 6.34. The first-order valence-corrected chi connectivity index (χ1v) is 8.09. The zero-order chi connectivity index (χ0) is 17.2. The van der Waals surface area contributed by atoms with Crippen LogP contribution in [0, 0.1) is 29.5 Å². The molecule has 1 heterocycles. The van der Waals surface area contributed by atoms with Gasteiger partial charge in [0.25, 0.3) is 0 Å². The van der Waals surface area contributed by atoms with Gasteiger partial charge in [-0.2, -0.15) is 0 Å². The number of imide groups is 1. The number of anilines is 2. The van der Waals surface area contributed by atoms with Crippen LogP contribution < -0.4 is 10.2 Å². The number of carbonyl (C=O) groups excluding carboxylic acids is 3.